The minimum atomic E-state index is -0.368. The molecule has 0 aromatic heterocycles. The molecule has 0 spiro atoms. The topological polar surface area (TPSA) is 84.7 Å². The largest absolute Gasteiger partial charge is 0.346 e. The number of carbonyl (C=O) groups is 2. The van der Waals surface area contributed by atoms with E-state index in [9.17, 15) is 9.59 Å². The summed E-state index contributed by atoms with van der Waals surface area (Å²) in [5.41, 5.74) is 5.00. The summed E-state index contributed by atoms with van der Waals surface area (Å²) in [6.07, 6.45) is 0. The number of hydrogen-bond acceptors (Lipinski definition) is 4. The maximum Gasteiger partial charge on any atom is 0.265 e. The summed E-state index contributed by atoms with van der Waals surface area (Å²) in [5.74, 6) is -0.702. The van der Waals surface area contributed by atoms with E-state index >= 15 is 0 Å². The van der Waals surface area contributed by atoms with Gasteiger partial charge in [-0.15, -0.1) is 0 Å². The van der Waals surface area contributed by atoms with Crippen LogP contribution in [-0.2, 0) is 14.4 Å². The second-order valence-corrected chi connectivity index (χ2v) is 2.05. The molecule has 0 saturated carbocycles. The average molecular weight is 175 g/mol. The molecule has 0 saturated heterocycles. The predicted molar refractivity (Wildman–Crippen MR) is 41.8 cm³/mol. The van der Waals surface area contributed by atoms with E-state index in [0.717, 1.165) is 5.06 Å². The first-order chi connectivity index (χ1) is 5.61. The molecule has 0 aliphatic heterocycles. The number of nitrogens with two attached hydrogens (primary N) is 1. The fourth-order valence-electron chi connectivity index (χ4n) is 0.460. The van der Waals surface area contributed by atoms with Crippen molar-refractivity contribution in [3.05, 3.63) is 0 Å². The van der Waals surface area contributed by atoms with Crippen molar-refractivity contribution in [3.63, 3.8) is 0 Å². The van der Waals surface area contributed by atoms with E-state index < -0.39 is 0 Å². The van der Waals surface area contributed by atoms with Gasteiger partial charge >= 0.3 is 0 Å². The van der Waals surface area contributed by atoms with Crippen molar-refractivity contribution in [1.29, 1.82) is 0 Å². The Hall–Kier alpha value is -1.14. The summed E-state index contributed by atoms with van der Waals surface area (Å²) < 4.78 is 0. The Labute approximate surface area is 70.6 Å². The summed E-state index contributed by atoms with van der Waals surface area (Å²) in [5, 5.41) is 3.34. The molecular weight excluding hydrogens is 162 g/mol. The molecule has 0 heterocycles. The van der Waals surface area contributed by atoms with E-state index in [2.05, 4.69) is 10.2 Å². The van der Waals surface area contributed by atoms with Gasteiger partial charge in [0.05, 0.1) is 20.2 Å². The minimum absolute atomic E-state index is 0.0969. The predicted octanol–water partition coefficient (Wildman–Crippen LogP) is -1.92. The Morgan fingerprint density at radius 2 is 2.17 bits per heavy atom. The zero-order valence-electron chi connectivity index (χ0n) is 7.16. The first kappa shape index (κ1) is 10.9. The van der Waals surface area contributed by atoms with Crippen LogP contribution in [0.4, 0.5) is 0 Å². The summed E-state index contributed by atoms with van der Waals surface area (Å²) in [6.45, 7) is -0.218. The third kappa shape index (κ3) is 3.89. The number of amides is 2. The van der Waals surface area contributed by atoms with E-state index in [0.29, 0.717) is 0 Å². The van der Waals surface area contributed by atoms with Crippen molar-refractivity contribution >= 4 is 11.8 Å². The number of hydrogen-bond donors (Lipinski definition) is 2. The number of hydroxylamine groups is 2. The average Bonchev–Trinajstić information content (AvgIpc) is 2.11. The summed E-state index contributed by atoms with van der Waals surface area (Å²) in [4.78, 5) is 26.1. The smallest absolute Gasteiger partial charge is 0.265 e. The van der Waals surface area contributed by atoms with Gasteiger partial charge in [-0.3, -0.25) is 14.4 Å². The first-order valence-electron chi connectivity index (χ1n) is 3.39. The molecule has 0 bridgehead atoms. The van der Waals surface area contributed by atoms with Crippen molar-refractivity contribution in [2.45, 2.75) is 0 Å². The van der Waals surface area contributed by atoms with Crippen LogP contribution in [0.3, 0.4) is 0 Å². The fraction of sp³-hybridized carbons (Fsp3) is 0.667. The molecule has 3 N–H and O–H groups in total. The lowest BCUT2D eigenvalue weighted by molar-refractivity contribution is -0.167. The zero-order chi connectivity index (χ0) is 9.56. The van der Waals surface area contributed by atoms with Crippen LogP contribution in [-0.4, -0.2) is 44.1 Å². The Morgan fingerprint density at radius 3 is 2.58 bits per heavy atom. The number of nitrogens with zero attached hydrogens (tertiary/aromatic N) is 1. The zero-order valence-corrected chi connectivity index (χ0v) is 7.16. The lowest BCUT2D eigenvalue weighted by Crippen LogP contribution is -2.39. The first-order valence-corrected chi connectivity index (χ1v) is 3.39. The second kappa shape index (κ2) is 5.50. The number of rotatable bonds is 4. The minimum Gasteiger partial charge on any atom is -0.346 e. The summed E-state index contributed by atoms with van der Waals surface area (Å²) in [7, 11) is 2.82. The maximum absolute atomic E-state index is 10.9. The van der Waals surface area contributed by atoms with Gasteiger partial charge in [0.25, 0.3) is 5.91 Å². The molecular formula is C6H13N3O3. The fourth-order valence-corrected chi connectivity index (χ4v) is 0.460. The highest BCUT2D eigenvalue weighted by Gasteiger charge is 2.08. The SMILES string of the molecule is CON(C)C(=O)CNC(=O)CN. The Balaban J connectivity index is 3.64. The molecule has 2 amide bonds. The van der Waals surface area contributed by atoms with Gasteiger partial charge in [0.15, 0.2) is 0 Å². The van der Waals surface area contributed by atoms with Gasteiger partial charge < -0.3 is 11.1 Å². The van der Waals surface area contributed by atoms with E-state index in [1.807, 2.05) is 0 Å². The highest BCUT2D eigenvalue weighted by Crippen LogP contribution is 1.81. The van der Waals surface area contributed by atoms with Crippen LogP contribution in [0.1, 0.15) is 0 Å². The number of nitrogens with one attached hydrogen (secondary N) is 1. The molecule has 0 atom stereocenters. The molecule has 0 unspecified atom stereocenters. The molecule has 0 aromatic rings. The highest BCUT2D eigenvalue weighted by molar-refractivity contribution is 5.84. The molecule has 0 fully saturated rings. The normalized spacial score (nSPS) is 9.25. The van der Waals surface area contributed by atoms with Crippen molar-refractivity contribution < 1.29 is 14.4 Å². The number of carbonyl (C=O) groups excluding carboxylic acids is 2. The van der Waals surface area contributed by atoms with Crippen LogP contribution < -0.4 is 11.1 Å². The van der Waals surface area contributed by atoms with Crippen LogP contribution in [0, 0.1) is 0 Å². The van der Waals surface area contributed by atoms with E-state index in [1.165, 1.54) is 14.2 Å². The van der Waals surface area contributed by atoms with Crippen molar-refractivity contribution in [3.8, 4) is 0 Å². The quantitative estimate of drug-likeness (QED) is 0.488. The van der Waals surface area contributed by atoms with Gasteiger partial charge in [-0.2, -0.15) is 0 Å². The van der Waals surface area contributed by atoms with Crippen LogP contribution in [0.25, 0.3) is 0 Å². The maximum atomic E-state index is 10.9. The molecule has 12 heavy (non-hydrogen) atoms. The molecule has 6 nitrogen and oxygen atoms in total. The van der Waals surface area contributed by atoms with E-state index in [4.69, 9.17) is 5.73 Å². The van der Waals surface area contributed by atoms with Gasteiger partial charge in [-0.1, -0.05) is 0 Å². The lowest BCUT2D eigenvalue weighted by atomic mass is 10.5. The van der Waals surface area contributed by atoms with Gasteiger partial charge in [0.1, 0.15) is 0 Å². The van der Waals surface area contributed by atoms with Crippen LogP contribution >= 0.6 is 0 Å². The Morgan fingerprint density at radius 1 is 1.58 bits per heavy atom. The summed E-state index contributed by atoms with van der Waals surface area (Å²) in [6, 6.07) is 0. The molecule has 0 aliphatic rings. The van der Waals surface area contributed by atoms with Crippen LogP contribution in [0.15, 0.2) is 0 Å². The molecule has 0 radical (unpaired) electrons. The third-order valence-electron chi connectivity index (χ3n) is 1.25. The van der Waals surface area contributed by atoms with Crippen LogP contribution in [0.5, 0.6) is 0 Å². The monoisotopic (exact) mass is 175 g/mol. The third-order valence-corrected chi connectivity index (χ3v) is 1.25. The van der Waals surface area contributed by atoms with Gasteiger partial charge in [-0.25, -0.2) is 5.06 Å². The Bertz CT molecular complexity index is 171. The molecule has 0 rings (SSSR count). The van der Waals surface area contributed by atoms with Gasteiger partial charge in [-0.05, 0) is 0 Å². The number of likely N-dealkylation sites (N-methyl/N-ethyl adjacent to an activating group) is 1. The summed E-state index contributed by atoms with van der Waals surface area (Å²) >= 11 is 0. The standard InChI is InChI=1S/C6H13N3O3/c1-9(12-2)6(11)4-8-5(10)3-7/h3-4,7H2,1-2H3,(H,8,10). The van der Waals surface area contributed by atoms with E-state index in [-0.39, 0.29) is 24.9 Å². The molecule has 70 valence electrons. The van der Waals surface area contributed by atoms with Crippen molar-refractivity contribution in [2.24, 2.45) is 5.73 Å². The van der Waals surface area contributed by atoms with Crippen molar-refractivity contribution in [2.75, 3.05) is 27.2 Å². The Kier molecular flexibility index (Phi) is 4.98. The van der Waals surface area contributed by atoms with Crippen molar-refractivity contribution in [1.82, 2.24) is 10.4 Å². The van der Waals surface area contributed by atoms with E-state index in [1.54, 1.807) is 0 Å². The molecule has 6 heteroatoms. The molecule has 0 aromatic carbocycles. The lowest BCUT2D eigenvalue weighted by Gasteiger charge is -2.13. The van der Waals surface area contributed by atoms with Crippen LogP contribution in [0.2, 0.25) is 0 Å². The highest BCUT2D eigenvalue weighted by atomic mass is 16.7. The van der Waals surface area contributed by atoms with Gasteiger partial charge in [0, 0.05) is 7.05 Å². The second-order valence-electron chi connectivity index (χ2n) is 2.05. The van der Waals surface area contributed by atoms with Gasteiger partial charge in [0.2, 0.25) is 5.91 Å². The molecule has 0 aliphatic carbocycles.